The molecule has 0 saturated carbocycles. The summed E-state index contributed by atoms with van der Waals surface area (Å²) in [5.41, 5.74) is 0. The Labute approximate surface area is 130 Å². The highest BCUT2D eigenvalue weighted by molar-refractivity contribution is 4.95. The fraction of sp³-hybridized carbons (Fsp3) is 0.882. The second-order valence-electron chi connectivity index (χ2n) is 5.12. The monoisotopic (exact) mass is 302 g/mol. The molecular formula is C17H34O4. The fourth-order valence-electron chi connectivity index (χ4n) is 1.73. The van der Waals surface area contributed by atoms with Crippen molar-refractivity contribution in [2.24, 2.45) is 0 Å². The molecule has 126 valence electrons. The third-order valence-electron chi connectivity index (χ3n) is 3.05. The van der Waals surface area contributed by atoms with E-state index in [0.29, 0.717) is 12.6 Å². The summed E-state index contributed by atoms with van der Waals surface area (Å²) in [7, 11) is 1.61. The maximum absolute atomic E-state index is 5.89. The van der Waals surface area contributed by atoms with E-state index in [1.54, 1.807) is 7.11 Å². The van der Waals surface area contributed by atoms with Gasteiger partial charge in [-0.3, -0.25) is 0 Å². The Balaban J connectivity index is 4.65. The number of ether oxygens (including phenoxy) is 4. The zero-order chi connectivity index (χ0) is 15.8. The minimum atomic E-state index is 0.190. The maximum atomic E-state index is 5.89. The van der Waals surface area contributed by atoms with E-state index in [4.69, 9.17) is 18.9 Å². The molecule has 0 saturated heterocycles. The Bertz CT molecular complexity index is 239. The molecule has 0 aliphatic heterocycles. The number of hydrogen-bond donors (Lipinski definition) is 0. The van der Waals surface area contributed by atoms with Crippen LogP contribution in [-0.2, 0) is 18.9 Å². The van der Waals surface area contributed by atoms with Crippen LogP contribution < -0.4 is 0 Å². The van der Waals surface area contributed by atoms with Gasteiger partial charge in [0.15, 0.2) is 12.6 Å². The average Bonchev–Trinajstić information content (AvgIpc) is 2.50. The van der Waals surface area contributed by atoms with Crippen LogP contribution in [0, 0.1) is 0 Å². The predicted molar refractivity (Wildman–Crippen MR) is 85.8 cm³/mol. The quantitative estimate of drug-likeness (QED) is 0.242. The van der Waals surface area contributed by atoms with E-state index in [2.05, 4.69) is 20.8 Å². The summed E-state index contributed by atoms with van der Waals surface area (Å²) in [6, 6.07) is 0. The van der Waals surface area contributed by atoms with Crippen LogP contribution in [0.4, 0.5) is 0 Å². The van der Waals surface area contributed by atoms with E-state index in [0.717, 1.165) is 50.9 Å². The van der Waals surface area contributed by atoms with E-state index < -0.39 is 0 Å². The Morgan fingerprint density at radius 3 is 1.90 bits per heavy atom. The molecule has 0 heterocycles. The van der Waals surface area contributed by atoms with Crippen LogP contribution in [0.15, 0.2) is 11.7 Å². The lowest BCUT2D eigenvalue weighted by molar-refractivity contribution is -0.0690. The van der Waals surface area contributed by atoms with Gasteiger partial charge in [0.2, 0.25) is 0 Å². The Kier molecular flexibility index (Phi) is 14.8. The molecule has 0 aromatic carbocycles. The first-order valence-electron chi connectivity index (χ1n) is 8.40. The van der Waals surface area contributed by atoms with Crippen LogP contribution in [-0.4, -0.2) is 27.1 Å². The summed E-state index contributed by atoms with van der Waals surface area (Å²) >= 11 is 0. The molecule has 0 aliphatic carbocycles. The summed E-state index contributed by atoms with van der Waals surface area (Å²) in [6.45, 7) is 8.06. The summed E-state index contributed by atoms with van der Waals surface area (Å²) in [4.78, 5) is 0. The van der Waals surface area contributed by atoms with E-state index in [-0.39, 0.29) is 6.79 Å². The average molecular weight is 302 g/mol. The zero-order valence-corrected chi connectivity index (χ0v) is 14.4. The lowest BCUT2D eigenvalue weighted by Gasteiger charge is -2.17. The van der Waals surface area contributed by atoms with Crippen LogP contribution >= 0.6 is 0 Å². The summed E-state index contributed by atoms with van der Waals surface area (Å²) in [5, 5.41) is 0. The van der Waals surface area contributed by atoms with Gasteiger partial charge in [0.05, 0.1) is 13.2 Å². The molecule has 0 unspecified atom stereocenters. The first-order valence-corrected chi connectivity index (χ1v) is 8.40. The van der Waals surface area contributed by atoms with Gasteiger partial charge in [-0.15, -0.1) is 0 Å². The molecule has 4 nitrogen and oxygen atoms in total. The first kappa shape index (κ1) is 20.1. The third kappa shape index (κ3) is 11.4. The van der Waals surface area contributed by atoms with Gasteiger partial charge in [-0.1, -0.05) is 46.5 Å². The van der Waals surface area contributed by atoms with Crippen LogP contribution in [0.2, 0.25) is 0 Å². The molecule has 0 bridgehead atoms. The minimum absolute atomic E-state index is 0.190. The maximum Gasteiger partial charge on any atom is 0.321 e. The highest BCUT2D eigenvalue weighted by Crippen LogP contribution is 2.18. The molecule has 0 radical (unpaired) electrons. The van der Waals surface area contributed by atoms with Crippen LogP contribution in [0.3, 0.4) is 0 Å². The molecule has 0 fully saturated rings. The number of allylic oxidation sites excluding steroid dienone is 1. The van der Waals surface area contributed by atoms with Crippen molar-refractivity contribution in [1.29, 1.82) is 0 Å². The standard InChI is InChI=1S/C17H34O4/c1-5-8-11-12-16(19-13-9-6-2)17(21-15-18-4)20-14-10-7-3/h5-15H2,1-4H3/b17-16-. The number of rotatable bonds is 15. The summed E-state index contributed by atoms with van der Waals surface area (Å²) < 4.78 is 22.2. The van der Waals surface area contributed by atoms with Crippen molar-refractivity contribution in [3.8, 4) is 0 Å². The summed E-state index contributed by atoms with van der Waals surface area (Å²) in [5.74, 6) is 1.35. The Morgan fingerprint density at radius 2 is 1.33 bits per heavy atom. The number of hydrogen-bond acceptors (Lipinski definition) is 4. The largest absolute Gasteiger partial charge is 0.491 e. The van der Waals surface area contributed by atoms with E-state index in [1.165, 1.54) is 12.8 Å². The Morgan fingerprint density at radius 1 is 0.714 bits per heavy atom. The highest BCUT2D eigenvalue weighted by atomic mass is 16.7. The third-order valence-corrected chi connectivity index (χ3v) is 3.05. The molecule has 0 rings (SSSR count). The van der Waals surface area contributed by atoms with Gasteiger partial charge in [0, 0.05) is 13.5 Å². The first-order chi connectivity index (χ1) is 10.3. The van der Waals surface area contributed by atoms with Crippen molar-refractivity contribution in [1.82, 2.24) is 0 Å². The van der Waals surface area contributed by atoms with Crippen molar-refractivity contribution in [2.45, 2.75) is 72.1 Å². The van der Waals surface area contributed by atoms with Crippen molar-refractivity contribution < 1.29 is 18.9 Å². The van der Waals surface area contributed by atoms with Gasteiger partial charge in [-0.2, -0.15) is 0 Å². The minimum Gasteiger partial charge on any atom is -0.491 e. The normalized spacial score (nSPS) is 12.0. The van der Waals surface area contributed by atoms with Crippen molar-refractivity contribution in [3.05, 3.63) is 11.7 Å². The number of unbranched alkanes of at least 4 members (excludes halogenated alkanes) is 4. The van der Waals surface area contributed by atoms with Gasteiger partial charge in [0.1, 0.15) is 0 Å². The second-order valence-corrected chi connectivity index (χ2v) is 5.12. The van der Waals surface area contributed by atoms with Gasteiger partial charge >= 0.3 is 5.95 Å². The lowest BCUT2D eigenvalue weighted by Crippen LogP contribution is -2.09. The Hall–Kier alpha value is -0.900. The van der Waals surface area contributed by atoms with Crippen molar-refractivity contribution in [3.63, 3.8) is 0 Å². The SMILES string of the molecule is CCCCC/C(OCCCC)=C(\OCCCC)OCOC. The molecule has 0 amide bonds. The van der Waals surface area contributed by atoms with E-state index in [1.807, 2.05) is 0 Å². The summed E-state index contributed by atoms with van der Waals surface area (Å²) in [6.07, 6.45) is 8.60. The molecule has 0 atom stereocenters. The van der Waals surface area contributed by atoms with E-state index >= 15 is 0 Å². The van der Waals surface area contributed by atoms with Crippen LogP contribution in [0.25, 0.3) is 0 Å². The van der Waals surface area contributed by atoms with Gasteiger partial charge < -0.3 is 18.9 Å². The zero-order valence-electron chi connectivity index (χ0n) is 14.4. The highest BCUT2D eigenvalue weighted by Gasteiger charge is 2.12. The molecule has 0 spiro atoms. The smallest absolute Gasteiger partial charge is 0.321 e. The van der Waals surface area contributed by atoms with Gasteiger partial charge in [-0.05, 0) is 19.3 Å². The second kappa shape index (κ2) is 15.5. The molecule has 0 aromatic heterocycles. The molecule has 0 aromatic rings. The van der Waals surface area contributed by atoms with Gasteiger partial charge in [0.25, 0.3) is 0 Å². The topological polar surface area (TPSA) is 36.9 Å². The molecule has 0 N–H and O–H groups in total. The molecule has 21 heavy (non-hydrogen) atoms. The predicted octanol–water partition coefficient (Wildman–Crippen LogP) is 4.99. The molecule has 0 aliphatic rings. The fourth-order valence-corrected chi connectivity index (χ4v) is 1.73. The van der Waals surface area contributed by atoms with E-state index in [9.17, 15) is 0 Å². The molecule has 4 heteroatoms. The van der Waals surface area contributed by atoms with Crippen LogP contribution in [0.5, 0.6) is 0 Å². The van der Waals surface area contributed by atoms with Gasteiger partial charge in [-0.25, -0.2) is 0 Å². The molecular weight excluding hydrogens is 268 g/mol. The van der Waals surface area contributed by atoms with Crippen LogP contribution in [0.1, 0.15) is 72.1 Å². The van der Waals surface area contributed by atoms with Crippen molar-refractivity contribution in [2.75, 3.05) is 27.1 Å². The van der Waals surface area contributed by atoms with Crippen molar-refractivity contribution >= 4 is 0 Å². The lowest BCUT2D eigenvalue weighted by atomic mass is 10.2. The number of methoxy groups -OCH3 is 1.